The van der Waals surface area contributed by atoms with Crippen molar-refractivity contribution in [3.8, 4) is 11.1 Å². The number of carboxylic acid groups (broad SMARTS) is 1. The highest BCUT2D eigenvalue weighted by Gasteiger charge is 2.24. The van der Waals surface area contributed by atoms with Crippen LogP contribution in [0.5, 0.6) is 0 Å². The predicted octanol–water partition coefficient (Wildman–Crippen LogP) is 4.25. The molecule has 0 aliphatic heterocycles. The Morgan fingerprint density at radius 1 is 0.962 bits per heavy atom. The van der Waals surface area contributed by atoms with E-state index < -0.39 is 5.97 Å². The molecule has 3 aromatic carbocycles. The van der Waals surface area contributed by atoms with Crippen LogP contribution in [0.2, 0.25) is 0 Å². The number of benzene rings is 3. The molecule has 0 aromatic heterocycles. The molecule has 5 heteroatoms. The lowest BCUT2D eigenvalue weighted by molar-refractivity contribution is 0.0692. The van der Waals surface area contributed by atoms with Crippen molar-refractivity contribution in [2.75, 3.05) is 12.3 Å². The highest BCUT2D eigenvalue weighted by Crippen LogP contribution is 2.33. The van der Waals surface area contributed by atoms with E-state index in [2.05, 4.69) is 17.9 Å². The lowest BCUT2D eigenvalue weighted by Crippen LogP contribution is -2.27. The molecule has 2 N–H and O–H groups in total. The van der Waals surface area contributed by atoms with Crippen molar-refractivity contribution in [2.45, 2.75) is 6.42 Å². The van der Waals surface area contributed by atoms with Crippen LogP contribution in [0.15, 0.2) is 60.7 Å². The molecule has 0 unspecified atom stereocenters. The van der Waals surface area contributed by atoms with Crippen LogP contribution in [0.25, 0.3) is 21.9 Å². The van der Waals surface area contributed by atoms with Crippen LogP contribution >= 0.6 is 12.6 Å². The van der Waals surface area contributed by atoms with Crippen molar-refractivity contribution in [1.29, 1.82) is 0 Å². The Bertz CT molecular complexity index is 954. The van der Waals surface area contributed by atoms with Gasteiger partial charge in [0.2, 0.25) is 0 Å². The number of hydrogen-bond donors (Lipinski definition) is 3. The van der Waals surface area contributed by atoms with Crippen molar-refractivity contribution in [2.24, 2.45) is 0 Å². The summed E-state index contributed by atoms with van der Waals surface area (Å²) in [6.07, 6.45) is 0.716. The minimum Gasteiger partial charge on any atom is -0.478 e. The Kier molecular flexibility index (Phi) is 5.58. The number of aromatic carboxylic acids is 1. The first kappa shape index (κ1) is 18.0. The van der Waals surface area contributed by atoms with Crippen molar-refractivity contribution in [3.05, 3.63) is 71.8 Å². The van der Waals surface area contributed by atoms with Gasteiger partial charge in [-0.2, -0.15) is 12.6 Å². The fourth-order valence-electron chi connectivity index (χ4n) is 3.02. The van der Waals surface area contributed by atoms with E-state index in [0.717, 1.165) is 10.9 Å². The number of fused-ring (bicyclic) bond motifs is 1. The number of carboxylic acids is 1. The van der Waals surface area contributed by atoms with Crippen LogP contribution < -0.4 is 5.32 Å². The summed E-state index contributed by atoms with van der Waals surface area (Å²) in [5.41, 5.74) is 1.53. The molecule has 4 nitrogen and oxygen atoms in total. The van der Waals surface area contributed by atoms with Crippen molar-refractivity contribution in [3.63, 3.8) is 0 Å². The Morgan fingerprint density at radius 2 is 1.65 bits per heavy atom. The van der Waals surface area contributed by atoms with Gasteiger partial charge in [-0.1, -0.05) is 54.6 Å². The number of carbonyl (C=O) groups excluding carboxylic acids is 1. The van der Waals surface area contributed by atoms with Crippen LogP contribution in [0.1, 0.15) is 27.1 Å². The Labute approximate surface area is 157 Å². The average Bonchev–Trinajstić information content (AvgIpc) is 2.67. The van der Waals surface area contributed by atoms with Gasteiger partial charge in [0.25, 0.3) is 5.91 Å². The number of hydrogen-bond acceptors (Lipinski definition) is 3. The normalized spacial score (nSPS) is 10.7. The summed E-state index contributed by atoms with van der Waals surface area (Å²) in [7, 11) is 0. The Hall–Kier alpha value is -2.79. The van der Waals surface area contributed by atoms with Crippen molar-refractivity contribution < 1.29 is 14.7 Å². The summed E-state index contributed by atoms with van der Waals surface area (Å²) in [6, 6.07) is 18.4. The smallest absolute Gasteiger partial charge is 0.337 e. The van der Waals surface area contributed by atoms with Gasteiger partial charge in [0.1, 0.15) is 0 Å². The average molecular weight is 365 g/mol. The summed E-state index contributed by atoms with van der Waals surface area (Å²) in [4.78, 5) is 24.9. The Morgan fingerprint density at radius 3 is 2.35 bits per heavy atom. The molecule has 0 aliphatic rings. The van der Waals surface area contributed by atoms with Crippen LogP contribution in [-0.2, 0) is 0 Å². The lowest BCUT2D eigenvalue weighted by Gasteiger charge is -2.15. The largest absolute Gasteiger partial charge is 0.478 e. The highest BCUT2D eigenvalue weighted by atomic mass is 32.1. The quantitative estimate of drug-likeness (QED) is 0.452. The summed E-state index contributed by atoms with van der Waals surface area (Å²) < 4.78 is 0. The van der Waals surface area contributed by atoms with E-state index in [1.165, 1.54) is 0 Å². The molecule has 0 radical (unpaired) electrons. The molecule has 0 saturated carbocycles. The molecule has 0 bridgehead atoms. The van der Waals surface area contributed by atoms with Crippen molar-refractivity contribution in [1.82, 2.24) is 5.32 Å². The third kappa shape index (κ3) is 3.58. The second kappa shape index (κ2) is 8.06. The summed E-state index contributed by atoms with van der Waals surface area (Å²) in [5, 5.41) is 14.2. The Balaban J connectivity index is 2.27. The van der Waals surface area contributed by atoms with Gasteiger partial charge in [0.05, 0.1) is 11.1 Å². The molecule has 3 aromatic rings. The van der Waals surface area contributed by atoms with Gasteiger partial charge >= 0.3 is 5.97 Å². The first-order chi connectivity index (χ1) is 12.6. The van der Waals surface area contributed by atoms with E-state index in [-0.39, 0.29) is 17.0 Å². The van der Waals surface area contributed by atoms with E-state index in [9.17, 15) is 14.7 Å². The molecule has 3 rings (SSSR count). The first-order valence-electron chi connectivity index (χ1n) is 8.37. The SMILES string of the molecule is O=C(O)c1c(-c2ccccc2)cc2ccccc2c1C(=O)NCCCS. The highest BCUT2D eigenvalue weighted by molar-refractivity contribution is 7.80. The number of carbonyl (C=O) groups is 2. The second-order valence-corrected chi connectivity index (χ2v) is 6.35. The maximum Gasteiger partial charge on any atom is 0.337 e. The summed E-state index contributed by atoms with van der Waals surface area (Å²) in [5.74, 6) is -0.844. The van der Waals surface area contributed by atoms with E-state index in [4.69, 9.17) is 0 Å². The minimum atomic E-state index is -1.12. The second-order valence-electron chi connectivity index (χ2n) is 5.90. The van der Waals surface area contributed by atoms with Gasteiger partial charge in [0.15, 0.2) is 0 Å². The first-order valence-corrected chi connectivity index (χ1v) is 9.00. The van der Waals surface area contributed by atoms with Crippen LogP contribution in [0, 0.1) is 0 Å². The standard InChI is InChI=1S/C21H19NO3S/c23-20(22-11-6-12-26)18-16-10-5-4-9-15(16)13-17(19(18)21(24)25)14-7-2-1-3-8-14/h1-5,7-10,13,26H,6,11-12H2,(H,22,23)(H,24,25). The van der Waals surface area contributed by atoms with Gasteiger partial charge in [-0.25, -0.2) is 4.79 Å². The number of amides is 1. The fraction of sp³-hybridized carbons (Fsp3) is 0.143. The number of thiol groups is 1. The zero-order valence-corrected chi connectivity index (χ0v) is 15.0. The molecular weight excluding hydrogens is 346 g/mol. The molecular formula is C21H19NO3S. The fourth-order valence-corrected chi connectivity index (χ4v) is 3.18. The van der Waals surface area contributed by atoms with Gasteiger partial charge in [-0.15, -0.1) is 0 Å². The molecule has 0 heterocycles. The van der Waals surface area contributed by atoms with Crippen LogP contribution in [0.4, 0.5) is 0 Å². The molecule has 0 atom stereocenters. The van der Waals surface area contributed by atoms with Gasteiger partial charge in [-0.05, 0) is 40.1 Å². The van der Waals surface area contributed by atoms with Crippen LogP contribution in [0.3, 0.4) is 0 Å². The van der Waals surface area contributed by atoms with Gasteiger partial charge < -0.3 is 10.4 Å². The van der Waals surface area contributed by atoms with Gasteiger partial charge in [-0.3, -0.25) is 4.79 Å². The molecule has 1 amide bonds. The van der Waals surface area contributed by atoms with E-state index >= 15 is 0 Å². The third-order valence-corrected chi connectivity index (χ3v) is 4.51. The van der Waals surface area contributed by atoms with Crippen molar-refractivity contribution >= 4 is 35.3 Å². The molecule has 0 aliphatic carbocycles. The molecule has 0 fully saturated rings. The summed E-state index contributed by atoms with van der Waals surface area (Å²) in [6.45, 7) is 0.450. The van der Waals surface area contributed by atoms with E-state index in [0.29, 0.717) is 29.7 Å². The minimum absolute atomic E-state index is 0.0262. The molecule has 0 saturated heterocycles. The number of nitrogens with one attached hydrogen (secondary N) is 1. The van der Waals surface area contributed by atoms with E-state index in [1.54, 1.807) is 12.1 Å². The molecule has 0 spiro atoms. The zero-order valence-electron chi connectivity index (χ0n) is 14.1. The topological polar surface area (TPSA) is 66.4 Å². The van der Waals surface area contributed by atoms with E-state index in [1.807, 2.05) is 48.5 Å². The lowest BCUT2D eigenvalue weighted by atomic mass is 9.90. The van der Waals surface area contributed by atoms with Crippen LogP contribution in [-0.4, -0.2) is 29.3 Å². The maximum atomic E-state index is 12.8. The maximum absolute atomic E-state index is 12.8. The molecule has 26 heavy (non-hydrogen) atoms. The summed E-state index contributed by atoms with van der Waals surface area (Å²) >= 11 is 4.14. The molecule has 132 valence electrons. The monoisotopic (exact) mass is 365 g/mol. The number of rotatable bonds is 6. The third-order valence-electron chi connectivity index (χ3n) is 4.20. The zero-order chi connectivity index (χ0) is 18.5. The van der Waals surface area contributed by atoms with Gasteiger partial charge in [0, 0.05) is 6.54 Å². The predicted molar refractivity (Wildman–Crippen MR) is 107 cm³/mol.